The predicted octanol–water partition coefficient (Wildman–Crippen LogP) is 8.47. The lowest BCUT2D eigenvalue weighted by molar-refractivity contribution is 0.414. The molecule has 248 valence electrons. The van der Waals surface area contributed by atoms with E-state index in [1.54, 1.807) is 19.2 Å². The van der Waals surface area contributed by atoms with E-state index in [2.05, 4.69) is 120 Å². The van der Waals surface area contributed by atoms with E-state index >= 15 is 0 Å². The first kappa shape index (κ1) is 37.4. The van der Waals surface area contributed by atoms with Gasteiger partial charge in [-0.25, -0.2) is 0 Å². The third kappa shape index (κ3) is 11.1. The number of methoxy groups -OCH3 is 1. The first-order chi connectivity index (χ1) is 26.0. The smallest absolute Gasteiger partial charge is 0.184 e. The Balaban J connectivity index is 1.73. The zero-order chi connectivity index (χ0) is 37.7. The Kier molecular flexibility index (Phi) is 14.3. The van der Waals surface area contributed by atoms with Gasteiger partial charge in [-0.05, 0) is 119 Å². The Hall–Kier alpha value is -8.40. The minimum absolute atomic E-state index is 0.321. The number of terminal acetylenes is 3. The highest BCUT2D eigenvalue weighted by Gasteiger charge is 2.14. The Morgan fingerprint density at radius 3 is 1.87 bits per heavy atom. The number of benzene rings is 4. The Labute approximate surface area is 312 Å². The van der Waals surface area contributed by atoms with Crippen LogP contribution in [0.5, 0.6) is 23.0 Å². The molecule has 0 unspecified atom stereocenters. The van der Waals surface area contributed by atoms with Crippen molar-refractivity contribution in [1.82, 2.24) is 0 Å². The van der Waals surface area contributed by atoms with E-state index in [1.807, 2.05) is 68.5 Å². The van der Waals surface area contributed by atoms with Crippen molar-refractivity contribution in [2.45, 2.75) is 13.8 Å². The normalized spacial score (nSPS) is 9.06. The lowest BCUT2D eigenvalue weighted by atomic mass is 9.94. The molecule has 0 aliphatic carbocycles. The molecule has 0 N–H and O–H groups in total. The van der Waals surface area contributed by atoms with Crippen LogP contribution in [0, 0.1) is 116 Å². The van der Waals surface area contributed by atoms with E-state index in [0.29, 0.717) is 23.0 Å². The predicted molar refractivity (Wildman–Crippen MR) is 214 cm³/mol. The van der Waals surface area contributed by atoms with Gasteiger partial charge in [0.15, 0.2) is 11.5 Å². The van der Waals surface area contributed by atoms with Crippen molar-refractivity contribution in [3.05, 3.63) is 101 Å². The number of allylic oxidation sites excluding steroid dienone is 1. The molecule has 0 aliphatic rings. The van der Waals surface area contributed by atoms with Gasteiger partial charge < -0.3 is 18.9 Å². The third-order valence-corrected chi connectivity index (χ3v) is 7.03. The lowest BCUT2D eigenvalue weighted by Gasteiger charge is -2.14. The second-order valence-corrected chi connectivity index (χ2v) is 10.5. The quantitative estimate of drug-likeness (QED) is 0.131. The van der Waals surface area contributed by atoms with Crippen molar-refractivity contribution in [2.75, 3.05) is 7.11 Å². The third-order valence-electron chi connectivity index (χ3n) is 7.03. The maximum absolute atomic E-state index is 5.85. The molecule has 4 aromatic rings. The van der Waals surface area contributed by atoms with E-state index in [-0.39, 0.29) is 0 Å². The Bertz CT molecular complexity index is 2610. The van der Waals surface area contributed by atoms with Crippen LogP contribution < -0.4 is 18.9 Å². The molecule has 4 heteroatoms. The summed E-state index contributed by atoms with van der Waals surface area (Å²) < 4.78 is 22.6. The summed E-state index contributed by atoms with van der Waals surface area (Å²) in [6, 6.07) is 23.4. The van der Waals surface area contributed by atoms with Crippen molar-refractivity contribution < 1.29 is 18.9 Å². The van der Waals surface area contributed by atoms with Gasteiger partial charge in [-0.15, -0.1) is 19.3 Å². The van der Waals surface area contributed by atoms with E-state index in [4.69, 9.17) is 38.2 Å². The molecule has 0 fully saturated rings. The highest BCUT2D eigenvalue weighted by molar-refractivity contribution is 5.86. The molecule has 0 atom stereocenters. The Morgan fingerprint density at radius 1 is 0.509 bits per heavy atom. The topological polar surface area (TPSA) is 36.9 Å². The molecule has 0 amide bonds. The van der Waals surface area contributed by atoms with Crippen LogP contribution in [0.4, 0.5) is 0 Å². The van der Waals surface area contributed by atoms with Gasteiger partial charge in [-0.1, -0.05) is 66.3 Å². The molecule has 4 aromatic carbocycles. The maximum Gasteiger partial charge on any atom is 0.184 e. The van der Waals surface area contributed by atoms with Crippen molar-refractivity contribution in [3.8, 4) is 154 Å². The average molecular weight is 681 g/mol. The van der Waals surface area contributed by atoms with Crippen LogP contribution in [0.3, 0.4) is 0 Å². The highest BCUT2D eigenvalue weighted by Crippen LogP contribution is 2.38. The number of hydrogen-bond donors (Lipinski definition) is 0. The molecular weight excluding hydrogens is 653 g/mol. The highest BCUT2D eigenvalue weighted by atomic mass is 16.5. The molecule has 0 saturated carbocycles. The molecule has 0 spiro atoms. The fraction of sp³-hybridized carbons (Fsp3) is 0.0612. The Morgan fingerprint density at radius 2 is 1.15 bits per heavy atom. The summed E-state index contributed by atoms with van der Waals surface area (Å²) in [5, 5.41) is 0. The minimum atomic E-state index is 0.321. The van der Waals surface area contributed by atoms with Gasteiger partial charge in [0.05, 0.1) is 7.11 Å². The second-order valence-electron chi connectivity index (χ2n) is 10.5. The van der Waals surface area contributed by atoms with Crippen molar-refractivity contribution in [1.29, 1.82) is 0 Å². The first-order valence-electron chi connectivity index (χ1n) is 15.8. The van der Waals surface area contributed by atoms with Gasteiger partial charge in [-0.3, -0.25) is 0 Å². The molecule has 4 nitrogen and oxygen atoms in total. The zero-order valence-electron chi connectivity index (χ0n) is 29.1. The fourth-order valence-electron chi connectivity index (χ4n) is 4.82. The van der Waals surface area contributed by atoms with Crippen molar-refractivity contribution in [3.63, 3.8) is 0 Å². The van der Waals surface area contributed by atoms with Crippen LogP contribution in [0.15, 0.2) is 78.9 Å². The van der Waals surface area contributed by atoms with Crippen LogP contribution in [-0.4, -0.2) is 7.11 Å². The summed E-state index contributed by atoms with van der Waals surface area (Å²) in [4.78, 5) is 0. The van der Waals surface area contributed by atoms with Gasteiger partial charge in [0.1, 0.15) is 29.8 Å². The molecule has 0 saturated heterocycles. The molecule has 53 heavy (non-hydrogen) atoms. The van der Waals surface area contributed by atoms with Crippen molar-refractivity contribution >= 4 is 18.2 Å². The monoisotopic (exact) mass is 680 g/mol. The summed E-state index contributed by atoms with van der Waals surface area (Å²) >= 11 is 0. The van der Waals surface area contributed by atoms with E-state index < -0.39 is 0 Å². The summed E-state index contributed by atoms with van der Waals surface area (Å²) in [7, 11) is 1.64. The fourth-order valence-corrected chi connectivity index (χ4v) is 4.82. The largest absolute Gasteiger partial charge is 0.496 e. The molecular formula is C49H28O4. The summed E-state index contributed by atoms with van der Waals surface area (Å²) in [5.41, 5.74) is 7.54. The van der Waals surface area contributed by atoms with Crippen LogP contribution in [0.2, 0.25) is 0 Å². The number of ether oxygens (including phenoxy) is 4. The average Bonchev–Trinajstić information content (AvgIpc) is 3.17. The zero-order valence-corrected chi connectivity index (χ0v) is 29.1. The lowest BCUT2D eigenvalue weighted by Crippen LogP contribution is -1.94. The van der Waals surface area contributed by atoms with Crippen LogP contribution in [-0.2, 0) is 0 Å². The second kappa shape index (κ2) is 20.2. The van der Waals surface area contributed by atoms with Crippen LogP contribution in [0.25, 0.3) is 40.5 Å². The minimum Gasteiger partial charge on any atom is -0.496 e. The number of rotatable bonds is 9. The van der Waals surface area contributed by atoms with E-state index in [9.17, 15) is 0 Å². The van der Waals surface area contributed by atoms with Crippen LogP contribution >= 0.6 is 0 Å². The molecule has 4 rings (SSSR count). The molecule has 0 bridgehead atoms. The van der Waals surface area contributed by atoms with Gasteiger partial charge in [0.25, 0.3) is 0 Å². The molecule has 0 heterocycles. The standard InChI is InChI=1S/C49H28O4/c1-7-11-14-15-16-17-18-19-32-51-44-23-20-22-41(34-44)45-33-38(5)24-25-39(45)26-27-43-35-46(40(21-10-4)36-48(43)50-6)42-28-29-47(52-30-12-8-2)49(37-42)53-31-13-9-3/h1-3,10,20-29,33-37H,4-6H3. The summed E-state index contributed by atoms with van der Waals surface area (Å²) in [6.07, 6.45) is 31.1. The van der Waals surface area contributed by atoms with E-state index in [1.165, 1.54) is 0 Å². The van der Waals surface area contributed by atoms with Gasteiger partial charge in [-0.2, -0.15) is 0 Å². The number of aryl methyl sites for hydroxylation is 1. The van der Waals surface area contributed by atoms with Gasteiger partial charge in [0, 0.05) is 41.1 Å². The van der Waals surface area contributed by atoms with Gasteiger partial charge >= 0.3 is 0 Å². The molecule has 0 aromatic heterocycles. The summed E-state index contributed by atoms with van der Waals surface area (Å²) in [5.74, 6) is 31.1. The van der Waals surface area contributed by atoms with Gasteiger partial charge in [0.2, 0.25) is 0 Å². The summed E-state index contributed by atoms with van der Waals surface area (Å²) in [6.45, 7) is 4.00. The molecule has 0 aliphatic heterocycles. The van der Waals surface area contributed by atoms with E-state index in [0.717, 1.165) is 44.5 Å². The number of hydrogen-bond acceptors (Lipinski definition) is 4. The van der Waals surface area contributed by atoms with Crippen LogP contribution in [0.1, 0.15) is 29.2 Å². The SMILES string of the molecule is C#CC#CC#CC#CC#COc1cccc(-c2cc(C)ccc2C=Cc2cc(-c3ccc(OC#CC#C)c(OC#CC#C)c3)c(C=CC)cc2OC)c1. The maximum atomic E-state index is 5.85. The van der Waals surface area contributed by atoms with Crippen molar-refractivity contribution in [2.24, 2.45) is 0 Å². The molecule has 0 radical (unpaired) electrons. The first-order valence-corrected chi connectivity index (χ1v) is 15.8.